The van der Waals surface area contributed by atoms with Gasteiger partial charge in [0.05, 0.1) is 11.4 Å². The summed E-state index contributed by atoms with van der Waals surface area (Å²) in [6.07, 6.45) is 2.58. The molecule has 98 valence electrons. The van der Waals surface area contributed by atoms with Crippen molar-refractivity contribution >= 4 is 22.3 Å². The van der Waals surface area contributed by atoms with Crippen LogP contribution in [0.2, 0.25) is 0 Å². The van der Waals surface area contributed by atoms with Crippen molar-refractivity contribution in [3.8, 4) is 0 Å². The highest BCUT2D eigenvalue weighted by Gasteiger charge is 2.13. The van der Waals surface area contributed by atoms with Gasteiger partial charge in [-0.05, 0) is 27.2 Å². The van der Waals surface area contributed by atoms with Gasteiger partial charge in [-0.1, -0.05) is 0 Å². The summed E-state index contributed by atoms with van der Waals surface area (Å²) in [7, 11) is -0.745. The van der Waals surface area contributed by atoms with Crippen molar-refractivity contribution in [1.82, 2.24) is 9.78 Å². The van der Waals surface area contributed by atoms with E-state index < -0.39 is 10.8 Å². The maximum absolute atomic E-state index is 11.0. The predicted molar refractivity (Wildman–Crippen MR) is 73.7 cm³/mol. The standard InChI is InChI=1S/C11H22N4OS/c1-5-15-11(10(12)9(3)14-15)13-8(2)6-7-17(4)16/h8,13H,5-7,12H2,1-4H3. The Morgan fingerprint density at radius 2 is 2.24 bits per heavy atom. The fourth-order valence-corrected chi connectivity index (χ4v) is 2.31. The van der Waals surface area contributed by atoms with Gasteiger partial charge in [0.2, 0.25) is 0 Å². The van der Waals surface area contributed by atoms with E-state index in [1.807, 2.05) is 18.5 Å². The van der Waals surface area contributed by atoms with Crippen molar-refractivity contribution in [3.05, 3.63) is 5.69 Å². The molecule has 0 saturated heterocycles. The van der Waals surface area contributed by atoms with Gasteiger partial charge in [-0.25, -0.2) is 4.68 Å². The molecule has 1 rings (SSSR count). The molecule has 2 unspecified atom stereocenters. The molecule has 0 radical (unpaired) electrons. The van der Waals surface area contributed by atoms with E-state index in [2.05, 4.69) is 17.3 Å². The molecule has 1 aromatic rings. The Bertz CT molecular complexity index is 402. The van der Waals surface area contributed by atoms with E-state index in [1.54, 1.807) is 6.26 Å². The van der Waals surface area contributed by atoms with Crippen molar-refractivity contribution in [2.75, 3.05) is 23.1 Å². The molecule has 0 saturated carbocycles. The van der Waals surface area contributed by atoms with Gasteiger partial charge in [-0.3, -0.25) is 4.21 Å². The van der Waals surface area contributed by atoms with Gasteiger partial charge in [0, 0.05) is 35.4 Å². The van der Waals surface area contributed by atoms with Crippen molar-refractivity contribution in [1.29, 1.82) is 0 Å². The van der Waals surface area contributed by atoms with E-state index in [1.165, 1.54) is 0 Å². The molecule has 0 bridgehead atoms. The third kappa shape index (κ3) is 3.73. The minimum Gasteiger partial charge on any atom is -0.394 e. The molecule has 0 aliphatic carbocycles. The first kappa shape index (κ1) is 14.0. The van der Waals surface area contributed by atoms with Gasteiger partial charge in [0.15, 0.2) is 0 Å². The highest BCUT2D eigenvalue weighted by molar-refractivity contribution is 7.84. The number of nitrogens with two attached hydrogens (primary N) is 1. The summed E-state index contributed by atoms with van der Waals surface area (Å²) in [4.78, 5) is 0. The van der Waals surface area contributed by atoms with Crippen molar-refractivity contribution in [2.45, 2.75) is 39.8 Å². The summed E-state index contributed by atoms with van der Waals surface area (Å²) < 4.78 is 12.9. The quantitative estimate of drug-likeness (QED) is 0.808. The summed E-state index contributed by atoms with van der Waals surface area (Å²) in [5, 5.41) is 7.69. The van der Waals surface area contributed by atoms with Crippen LogP contribution in [0.15, 0.2) is 0 Å². The molecule has 0 fully saturated rings. The molecule has 5 nitrogen and oxygen atoms in total. The van der Waals surface area contributed by atoms with E-state index in [9.17, 15) is 4.21 Å². The topological polar surface area (TPSA) is 72.9 Å². The summed E-state index contributed by atoms with van der Waals surface area (Å²) >= 11 is 0. The summed E-state index contributed by atoms with van der Waals surface area (Å²) in [5.41, 5.74) is 7.53. The average molecular weight is 258 g/mol. The number of aromatic nitrogens is 2. The molecule has 1 aromatic heterocycles. The lowest BCUT2D eigenvalue weighted by Gasteiger charge is -2.16. The lowest BCUT2D eigenvalue weighted by atomic mass is 10.2. The Labute approximate surface area is 105 Å². The second-order valence-corrected chi connectivity index (χ2v) is 5.83. The van der Waals surface area contributed by atoms with E-state index in [0.717, 1.165) is 24.5 Å². The van der Waals surface area contributed by atoms with Gasteiger partial charge < -0.3 is 11.1 Å². The lowest BCUT2D eigenvalue weighted by Crippen LogP contribution is -2.20. The van der Waals surface area contributed by atoms with Crippen molar-refractivity contribution in [3.63, 3.8) is 0 Å². The van der Waals surface area contributed by atoms with Gasteiger partial charge in [0.1, 0.15) is 5.82 Å². The molecule has 17 heavy (non-hydrogen) atoms. The molecule has 6 heteroatoms. The zero-order valence-electron chi connectivity index (χ0n) is 11.0. The van der Waals surface area contributed by atoms with E-state index in [4.69, 9.17) is 5.73 Å². The Hall–Kier alpha value is -1.04. The maximum atomic E-state index is 11.0. The summed E-state index contributed by atoms with van der Waals surface area (Å²) in [6.45, 7) is 6.78. The summed E-state index contributed by atoms with van der Waals surface area (Å²) in [5.74, 6) is 1.58. The number of hydrogen-bond acceptors (Lipinski definition) is 4. The SMILES string of the molecule is CCn1nc(C)c(N)c1NC(C)CCS(C)=O. The van der Waals surface area contributed by atoms with E-state index in [-0.39, 0.29) is 6.04 Å². The van der Waals surface area contributed by atoms with Gasteiger partial charge in [0.25, 0.3) is 0 Å². The van der Waals surface area contributed by atoms with Crippen LogP contribution in [0.3, 0.4) is 0 Å². The molecule has 0 aliphatic rings. The van der Waals surface area contributed by atoms with Crippen LogP contribution in [0, 0.1) is 6.92 Å². The highest BCUT2D eigenvalue weighted by Crippen LogP contribution is 2.23. The fraction of sp³-hybridized carbons (Fsp3) is 0.727. The fourth-order valence-electron chi connectivity index (χ4n) is 1.62. The molecule has 2 atom stereocenters. The summed E-state index contributed by atoms with van der Waals surface area (Å²) in [6, 6.07) is 0.239. The van der Waals surface area contributed by atoms with Crippen LogP contribution in [0.25, 0.3) is 0 Å². The zero-order valence-corrected chi connectivity index (χ0v) is 11.8. The van der Waals surface area contributed by atoms with E-state index in [0.29, 0.717) is 11.4 Å². The molecule has 0 aromatic carbocycles. The predicted octanol–water partition coefficient (Wildman–Crippen LogP) is 1.36. The molecule has 0 amide bonds. The van der Waals surface area contributed by atoms with Crippen molar-refractivity contribution < 1.29 is 4.21 Å². The average Bonchev–Trinajstić information content (AvgIpc) is 2.54. The normalized spacial score (nSPS) is 14.6. The van der Waals surface area contributed by atoms with E-state index >= 15 is 0 Å². The number of anilines is 2. The second-order valence-electron chi connectivity index (χ2n) is 4.27. The maximum Gasteiger partial charge on any atom is 0.148 e. The first-order chi connectivity index (χ1) is 7.95. The Balaban J connectivity index is 2.70. The number of nitrogen functional groups attached to an aromatic ring is 1. The molecular weight excluding hydrogens is 236 g/mol. The lowest BCUT2D eigenvalue weighted by molar-refractivity contribution is 0.643. The monoisotopic (exact) mass is 258 g/mol. The third-order valence-corrected chi connectivity index (χ3v) is 3.51. The van der Waals surface area contributed by atoms with Crippen molar-refractivity contribution in [2.24, 2.45) is 0 Å². The van der Waals surface area contributed by atoms with Gasteiger partial charge >= 0.3 is 0 Å². The Morgan fingerprint density at radius 1 is 1.59 bits per heavy atom. The van der Waals surface area contributed by atoms with Crippen LogP contribution in [0.1, 0.15) is 26.0 Å². The van der Waals surface area contributed by atoms with Crippen LogP contribution in [-0.4, -0.2) is 32.0 Å². The smallest absolute Gasteiger partial charge is 0.148 e. The number of aryl methyl sites for hydroxylation is 2. The van der Waals surface area contributed by atoms with Gasteiger partial charge in [-0.15, -0.1) is 0 Å². The molecule has 0 spiro atoms. The number of rotatable bonds is 6. The van der Waals surface area contributed by atoms with Crippen LogP contribution >= 0.6 is 0 Å². The zero-order chi connectivity index (χ0) is 13.0. The first-order valence-electron chi connectivity index (χ1n) is 5.85. The number of nitrogens with zero attached hydrogens (tertiary/aromatic N) is 2. The Kier molecular flexibility index (Phi) is 4.99. The number of nitrogens with one attached hydrogen (secondary N) is 1. The minimum absolute atomic E-state index is 0.239. The molecular formula is C11H22N4OS. The molecule has 3 N–H and O–H groups in total. The van der Waals surface area contributed by atoms with Crippen LogP contribution in [-0.2, 0) is 17.3 Å². The van der Waals surface area contributed by atoms with Crippen LogP contribution in [0.4, 0.5) is 11.5 Å². The molecule has 1 heterocycles. The van der Waals surface area contributed by atoms with Gasteiger partial charge in [-0.2, -0.15) is 5.10 Å². The third-order valence-electron chi connectivity index (χ3n) is 2.69. The molecule has 0 aliphatic heterocycles. The highest BCUT2D eigenvalue weighted by atomic mass is 32.2. The Morgan fingerprint density at radius 3 is 2.76 bits per heavy atom. The van der Waals surface area contributed by atoms with Crippen LogP contribution in [0.5, 0.6) is 0 Å². The minimum atomic E-state index is -0.745. The van der Waals surface area contributed by atoms with Crippen LogP contribution < -0.4 is 11.1 Å². The largest absolute Gasteiger partial charge is 0.394 e. The first-order valence-corrected chi connectivity index (χ1v) is 7.57. The second kappa shape index (κ2) is 6.05. The number of hydrogen-bond donors (Lipinski definition) is 2.